The second-order valence-electron chi connectivity index (χ2n) is 5.72. The van der Waals surface area contributed by atoms with E-state index < -0.39 is 0 Å². The first kappa shape index (κ1) is 16.0. The van der Waals surface area contributed by atoms with E-state index >= 15 is 0 Å². The van der Waals surface area contributed by atoms with Crippen molar-refractivity contribution in [2.24, 2.45) is 0 Å². The summed E-state index contributed by atoms with van der Waals surface area (Å²) in [5.74, 6) is 1.89. The average molecular weight is 330 g/mol. The minimum Gasteiger partial charge on any atom is -0.353 e. The van der Waals surface area contributed by atoms with Crippen molar-refractivity contribution in [1.82, 2.24) is 19.9 Å². The van der Waals surface area contributed by atoms with Gasteiger partial charge in [0, 0.05) is 49.3 Å². The van der Waals surface area contributed by atoms with Gasteiger partial charge >= 0.3 is 0 Å². The fraction of sp³-hybridized carbons (Fsp3) is 0.500. The normalized spacial score (nSPS) is 15.1. The van der Waals surface area contributed by atoms with Crippen molar-refractivity contribution >= 4 is 23.5 Å². The number of anilines is 2. The van der Waals surface area contributed by atoms with E-state index in [1.54, 1.807) is 11.8 Å². The monoisotopic (exact) mass is 330 g/mol. The molecule has 1 aliphatic heterocycles. The molecule has 0 aromatic carbocycles. The zero-order chi connectivity index (χ0) is 16.4. The fourth-order valence-electron chi connectivity index (χ4n) is 2.69. The van der Waals surface area contributed by atoms with Crippen molar-refractivity contribution in [2.45, 2.75) is 25.9 Å². The van der Waals surface area contributed by atoms with Crippen molar-refractivity contribution in [3.05, 3.63) is 29.2 Å². The molecule has 0 saturated carbocycles. The lowest BCUT2D eigenvalue weighted by molar-refractivity contribution is 0.628. The summed E-state index contributed by atoms with van der Waals surface area (Å²) in [5, 5.41) is 0.840. The summed E-state index contributed by atoms with van der Waals surface area (Å²) in [6.07, 6.45) is 3.84. The maximum absolute atomic E-state index is 4.72. The summed E-state index contributed by atoms with van der Waals surface area (Å²) in [7, 11) is 0. The van der Waals surface area contributed by atoms with Gasteiger partial charge in [0.05, 0.1) is 0 Å². The van der Waals surface area contributed by atoms with Crippen LogP contribution in [0.4, 0.5) is 11.8 Å². The third-order valence-electron chi connectivity index (χ3n) is 4.17. The molecule has 3 heterocycles. The Morgan fingerprint density at radius 2 is 1.65 bits per heavy atom. The lowest BCUT2D eigenvalue weighted by Gasteiger charge is -2.36. The van der Waals surface area contributed by atoms with E-state index in [2.05, 4.69) is 38.6 Å². The molecule has 3 rings (SSSR count). The highest BCUT2D eigenvalue weighted by Gasteiger charge is 2.22. The van der Waals surface area contributed by atoms with E-state index in [0.29, 0.717) is 0 Å². The standard InChI is InChI=1S/C16H22N6S/c1-11-5-6-17-15(18-11)22-9-7-21(8-10-22)14-12(2)13(3)19-16(20-14)23-4/h5-6H,7-10H2,1-4H3. The van der Waals surface area contributed by atoms with Gasteiger partial charge in [-0.25, -0.2) is 19.9 Å². The van der Waals surface area contributed by atoms with Crippen LogP contribution < -0.4 is 9.80 Å². The van der Waals surface area contributed by atoms with Crippen LogP contribution in [0.2, 0.25) is 0 Å². The van der Waals surface area contributed by atoms with Crippen LogP contribution in [0.5, 0.6) is 0 Å². The first-order valence-corrected chi connectivity index (χ1v) is 8.99. The minimum absolute atomic E-state index is 0.824. The highest BCUT2D eigenvalue weighted by molar-refractivity contribution is 7.98. The molecule has 1 saturated heterocycles. The third-order valence-corrected chi connectivity index (χ3v) is 4.72. The molecule has 122 valence electrons. The lowest BCUT2D eigenvalue weighted by Crippen LogP contribution is -2.47. The van der Waals surface area contributed by atoms with Gasteiger partial charge in [-0.2, -0.15) is 0 Å². The molecule has 6 nitrogen and oxygen atoms in total. The molecule has 0 unspecified atom stereocenters. The van der Waals surface area contributed by atoms with Crippen molar-refractivity contribution in [1.29, 1.82) is 0 Å². The van der Waals surface area contributed by atoms with Crippen LogP contribution in [0.25, 0.3) is 0 Å². The average Bonchev–Trinajstić information content (AvgIpc) is 2.57. The Morgan fingerprint density at radius 3 is 2.30 bits per heavy atom. The highest BCUT2D eigenvalue weighted by atomic mass is 32.2. The zero-order valence-electron chi connectivity index (χ0n) is 14.1. The SMILES string of the molecule is CSc1nc(C)c(C)c(N2CCN(c3nccc(C)n3)CC2)n1. The predicted octanol–water partition coefficient (Wildman–Crippen LogP) is 2.24. The van der Waals surface area contributed by atoms with Gasteiger partial charge in [0.25, 0.3) is 0 Å². The Balaban J connectivity index is 1.75. The van der Waals surface area contributed by atoms with Crippen LogP contribution in [-0.2, 0) is 0 Å². The third kappa shape index (κ3) is 3.39. The molecule has 2 aromatic heterocycles. The number of thioether (sulfide) groups is 1. The quantitative estimate of drug-likeness (QED) is 0.632. The molecule has 2 aromatic rings. The fourth-order valence-corrected chi connectivity index (χ4v) is 3.10. The molecule has 0 spiro atoms. The molecule has 23 heavy (non-hydrogen) atoms. The van der Waals surface area contributed by atoms with Gasteiger partial charge in [0.1, 0.15) is 5.82 Å². The molecule has 0 atom stereocenters. The van der Waals surface area contributed by atoms with E-state index in [9.17, 15) is 0 Å². The van der Waals surface area contributed by atoms with Crippen LogP contribution >= 0.6 is 11.8 Å². The Labute approximate surface area is 141 Å². The maximum Gasteiger partial charge on any atom is 0.225 e. The summed E-state index contributed by atoms with van der Waals surface area (Å²) < 4.78 is 0. The van der Waals surface area contributed by atoms with Gasteiger partial charge < -0.3 is 9.80 Å². The highest BCUT2D eigenvalue weighted by Crippen LogP contribution is 2.24. The number of nitrogens with zero attached hydrogens (tertiary/aromatic N) is 6. The van der Waals surface area contributed by atoms with E-state index in [4.69, 9.17) is 4.98 Å². The van der Waals surface area contributed by atoms with Crippen molar-refractivity contribution in [3.63, 3.8) is 0 Å². The van der Waals surface area contributed by atoms with Crippen molar-refractivity contribution < 1.29 is 0 Å². The van der Waals surface area contributed by atoms with E-state index in [1.165, 1.54) is 5.56 Å². The number of hydrogen-bond donors (Lipinski definition) is 0. The second-order valence-corrected chi connectivity index (χ2v) is 6.49. The predicted molar refractivity (Wildman–Crippen MR) is 94.5 cm³/mol. The summed E-state index contributed by atoms with van der Waals surface area (Å²) >= 11 is 1.59. The Kier molecular flexibility index (Phi) is 4.66. The lowest BCUT2D eigenvalue weighted by atomic mass is 10.2. The van der Waals surface area contributed by atoms with E-state index in [-0.39, 0.29) is 0 Å². The first-order valence-electron chi connectivity index (χ1n) is 7.77. The van der Waals surface area contributed by atoms with Gasteiger partial charge in [-0.15, -0.1) is 0 Å². The topological polar surface area (TPSA) is 58.0 Å². The van der Waals surface area contributed by atoms with Crippen molar-refractivity contribution in [2.75, 3.05) is 42.2 Å². The van der Waals surface area contributed by atoms with Crippen LogP contribution in [0.15, 0.2) is 17.4 Å². The summed E-state index contributed by atoms with van der Waals surface area (Å²) in [6, 6.07) is 1.93. The number of aromatic nitrogens is 4. The minimum atomic E-state index is 0.824. The number of rotatable bonds is 3. The van der Waals surface area contributed by atoms with Crippen LogP contribution in [0.1, 0.15) is 17.0 Å². The van der Waals surface area contributed by atoms with Crippen LogP contribution in [0.3, 0.4) is 0 Å². The smallest absolute Gasteiger partial charge is 0.225 e. The van der Waals surface area contributed by atoms with Gasteiger partial charge in [-0.1, -0.05) is 11.8 Å². The molecule has 0 radical (unpaired) electrons. The Morgan fingerprint density at radius 1 is 0.957 bits per heavy atom. The molecule has 7 heteroatoms. The summed E-state index contributed by atoms with van der Waals surface area (Å²) in [6.45, 7) is 9.80. The number of hydrogen-bond acceptors (Lipinski definition) is 7. The van der Waals surface area contributed by atoms with Gasteiger partial charge in [-0.05, 0) is 33.1 Å². The van der Waals surface area contributed by atoms with Crippen molar-refractivity contribution in [3.8, 4) is 0 Å². The summed E-state index contributed by atoms with van der Waals surface area (Å²) in [5.41, 5.74) is 3.23. The molecule has 0 N–H and O–H groups in total. The Bertz CT molecular complexity index is 697. The number of aryl methyl sites for hydroxylation is 2. The zero-order valence-corrected chi connectivity index (χ0v) is 14.9. The molecule has 1 aliphatic rings. The van der Waals surface area contributed by atoms with Crippen LogP contribution in [-0.4, -0.2) is 52.4 Å². The Hall–Kier alpha value is -1.89. The number of piperazine rings is 1. The van der Waals surface area contributed by atoms with Crippen LogP contribution in [0, 0.1) is 20.8 Å². The molecule has 0 aliphatic carbocycles. The van der Waals surface area contributed by atoms with E-state index in [0.717, 1.165) is 54.5 Å². The molecule has 0 amide bonds. The molecular formula is C16H22N6S. The second kappa shape index (κ2) is 6.70. The largest absolute Gasteiger partial charge is 0.353 e. The van der Waals surface area contributed by atoms with Gasteiger partial charge in [0.2, 0.25) is 5.95 Å². The van der Waals surface area contributed by atoms with Gasteiger partial charge in [-0.3, -0.25) is 0 Å². The van der Waals surface area contributed by atoms with E-state index in [1.807, 2.05) is 25.4 Å². The molecule has 0 bridgehead atoms. The summed E-state index contributed by atoms with van der Waals surface area (Å²) in [4.78, 5) is 22.7. The molecular weight excluding hydrogens is 308 g/mol. The molecule has 1 fully saturated rings. The van der Waals surface area contributed by atoms with Gasteiger partial charge in [0.15, 0.2) is 5.16 Å². The first-order chi connectivity index (χ1) is 11.1. The maximum atomic E-state index is 4.72.